The molecule has 3 N–H and O–H groups in total. The molecule has 114 valence electrons. The fourth-order valence-corrected chi connectivity index (χ4v) is 3.68. The normalized spacial score (nSPS) is 11.6. The first-order chi connectivity index (χ1) is 9.72. The molecule has 0 bridgehead atoms. The topological polar surface area (TPSA) is 120 Å². The van der Waals surface area contributed by atoms with Gasteiger partial charge >= 0.3 is 0 Å². The zero-order valence-corrected chi connectivity index (χ0v) is 13.4. The van der Waals surface area contributed by atoms with Crippen molar-refractivity contribution in [1.82, 2.24) is 14.8 Å². The summed E-state index contributed by atoms with van der Waals surface area (Å²) in [5.74, 6) is -0.396. The van der Waals surface area contributed by atoms with Crippen LogP contribution >= 0.6 is 11.3 Å². The maximum absolute atomic E-state index is 12.2. The molecule has 2 aromatic rings. The number of hydrogen-bond acceptors (Lipinski definition) is 6. The molecular weight excluding hydrogens is 314 g/mol. The lowest BCUT2D eigenvalue weighted by Crippen LogP contribution is -2.17. The van der Waals surface area contributed by atoms with Crippen molar-refractivity contribution in [2.24, 2.45) is 5.14 Å². The molecule has 2 rings (SSSR count). The number of amides is 1. The van der Waals surface area contributed by atoms with E-state index in [0.717, 1.165) is 17.0 Å². The van der Waals surface area contributed by atoms with E-state index in [2.05, 4.69) is 15.4 Å². The number of rotatable bonds is 4. The van der Waals surface area contributed by atoms with E-state index in [0.29, 0.717) is 12.2 Å². The van der Waals surface area contributed by atoms with Gasteiger partial charge in [-0.05, 0) is 26.8 Å². The molecule has 0 saturated heterocycles. The van der Waals surface area contributed by atoms with Crippen LogP contribution in [0.4, 0.5) is 5.13 Å². The highest BCUT2D eigenvalue weighted by molar-refractivity contribution is 7.91. The summed E-state index contributed by atoms with van der Waals surface area (Å²) >= 11 is 0.824. The van der Waals surface area contributed by atoms with Crippen LogP contribution in [0, 0.1) is 13.8 Å². The molecule has 0 aliphatic heterocycles. The van der Waals surface area contributed by atoms with Gasteiger partial charge in [-0.15, -0.1) is 0 Å². The lowest BCUT2D eigenvalue weighted by atomic mass is 10.3. The molecule has 0 aromatic carbocycles. The Morgan fingerprint density at radius 3 is 2.67 bits per heavy atom. The minimum Gasteiger partial charge on any atom is -0.296 e. The van der Waals surface area contributed by atoms with E-state index in [1.807, 2.05) is 6.92 Å². The van der Waals surface area contributed by atoms with Crippen LogP contribution in [0.2, 0.25) is 0 Å². The van der Waals surface area contributed by atoms with Gasteiger partial charge in [-0.1, -0.05) is 11.3 Å². The molecule has 0 spiro atoms. The molecular formula is C11H15N5O3S2. The Bertz CT molecular complexity index is 791. The van der Waals surface area contributed by atoms with Crippen molar-refractivity contribution in [3.63, 3.8) is 0 Å². The summed E-state index contributed by atoms with van der Waals surface area (Å²) in [5, 5.41) is 12.0. The number of nitrogens with two attached hydrogens (primary N) is 1. The Balaban J connectivity index is 2.28. The smallest absolute Gasteiger partial charge is 0.275 e. The maximum atomic E-state index is 12.2. The van der Waals surface area contributed by atoms with Crippen LogP contribution in [0.3, 0.4) is 0 Å². The van der Waals surface area contributed by atoms with Gasteiger partial charge in [-0.25, -0.2) is 18.5 Å². The summed E-state index contributed by atoms with van der Waals surface area (Å²) in [6.45, 7) is 5.73. The fourth-order valence-electron chi connectivity index (χ4n) is 1.83. The van der Waals surface area contributed by atoms with Crippen LogP contribution in [0.5, 0.6) is 0 Å². The highest BCUT2D eigenvalue weighted by Gasteiger charge is 2.20. The predicted molar refractivity (Wildman–Crippen MR) is 78.8 cm³/mol. The highest BCUT2D eigenvalue weighted by Crippen LogP contribution is 2.26. The van der Waals surface area contributed by atoms with E-state index in [1.165, 1.54) is 6.92 Å². The molecule has 0 atom stereocenters. The van der Waals surface area contributed by atoms with E-state index in [4.69, 9.17) is 5.14 Å². The summed E-state index contributed by atoms with van der Waals surface area (Å²) in [7, 11) is -3.83. The minimum atomic E-state index is -3.83. The third-order valence-electron chi connectivity index (χ3n) is 2.67. The number of primary sulfonamides is 1. The SMILES string of the molecule is CCn1nc(C)cc1C(=O)Nc1nc(C)c(S(N)(=O)=O)s1. The third kappa shape index (κ3) is 3.28. The van der Waals surface area contributed by atoms with E-state index < -0.39 is 15.9 Å². The summed E-state index contributed by atoms with van der Waals surface area (Å²) < 4.78 is 24.2. The van der Waals surface area contributed by atoms with Crippen molar-refractivity contribution >= 4 is 32.4 Å². The molecule has 2 aromatic heterocycles. The molecule has 1 amide bonds. The standard InChI is InChI=1S/C11H15N5O3S2/c1-4-16-8(5-6(2)15-16)9(17)14-11-13-7(3)10(20-11)21(12,18)19/h5H,4H2,1-3H3,(H2,12,18,19)(H,13,14,17). The second-order valence-electron chi connectivity index (χ2n) is 4.38. The number of nitrogens with one attached hydrogen (secondary N) is 1. The quantitative estimate of drug-likeness (QED) is 0.862. The Morgan fingerprint density at radius 2 is 2.14 bits per heavy atom. The van der Waals surface area contributed by atoms with Crippen LogP contribution in [0.15, 0.2) is 10.3 Å². The second-order valence-corrected chi connectivity index (χ2v) is 7.13. The van der Waals surface area contributed by atoms with Gasteiger partial charge in [-0.3, -0.25) is 14.8 Å². The van der Waals surface area contributed by atoms with Gasteiger partial charge in [-0.2, -0.15) is 5.10 Å². The van der Waals surface area contributed by atoms with Gasteiger partial charge in [0.2, 0.25) is 10.0 Å². The van der Waals surface area contributed by atoms with Gasteiger partial charge in [0.15, 0.2) is 9.34 Å². The number of carbonyl (C=O) groups excluding carboxylic acids is 1. The zero-order valence-electron chi connectivity index (χ0n) is 11.7. The van der Waals surface area contributed by atoms with Crippen molar-refractivity contribution in [1.29, 1.82) is 0 Å². The van der Waals surface area contributed by atoms with Crippen molar-refractivity contribution in [2.75, 3.05) is 5.32 Å². The first-order valence-electron chi connectivity index (χ1n) is 6.08. The molecule has 2 heterocycles. The summed E-state index contributed by atoms with van der Waals surface area (Å²) in [4.78, 5) is 16.2. The number of aryl methyl sites for hydroxylation is 3. The number of nitrogens with zero attached hydrogens (tertiary/aromatic N) is 3. The lowest BCUT2D eigenvalue weighted by Gasteiger charge is -2.03. The van der Waals surface area contributed by atoms with Crippen LogP contribution < -0.4 is 10.5 Å². The fraction of sp³-hybridized carbons (Fsp3) is 0.364. The molecule has 0 aliphatic carbocycles. The van der Waals surface area contributed by atoms with E-state index in [-0.39, 0.29) is 15.0 Å². The molecule has 21 heavy (non-hydrogen) atoms. The average Bonchev–Trinajstić information content (AvgIpc) is 2.91. The Labute approximate surface area is 126 Å². The van der Waals surface area contributed by atoms with Crippen LogP contribution in [-0.4, -0.2) is 29.1 Å². The van der Waals surface area contributed by atoms with Crippen LogP contribution in [-0.2, 0) is 16.6 Å². The van der Waals surface area contributed by atoms with Gasteiger partial charge in [0.25, 0.3) is 5.91 Å². The van der Waals surface area contributed by atoms with Crippen molar-refractivity contribution in [3.05, 3.63) is 23.1 Å². The Hall–Kier alpha value is -1.78. The van der Waals surface area contributed by atoms with Crippen molar-refractivity contribution in [3.8, 4) is 0 Å². The van der Waals surface area contributed by atoms with E-state index in [1.54, 1.807) is 17.7 Å². The predicted octanol–water partition coefficient (Wildman–Crippen LogP) is 0.876. The number of hydrogen-bond donors (Lipinski definition) is 2. The molecule has 10 heteroatoms. The molecule has 8 nitrogen and oxygen atoms in total. The van der Waals surface area contributed by atoms with Gasteiger partial charge in [0.1, 0.15) is 5.69 Å². The van der Waals surface area contributed by atoms with Crippen LogP contribution in [0.25, 0.3) is 0 Å². The number of carbonyl (C=O) groups is 1. The molecule has 0 radical (unpaired) electrons. The second kappa shape index (κ2) is 5.54. The van der Waals surface area contributed by atoms with Gasteiger partial charge in [0, 0.05) is 6.54 Å². The average molecular weight is 329 g/mol. The molecule has 0 saturated carbocycles. The first-order valence-corrected chi connectivity index (χ1v) is 8.44. The lowest BCUT2D eigenvalue weighted by molar-refractivity contribution is 0.101. The summed E-state index contributed by atoms with van der Waals surface area (Å²) in [6.07, 6.45) is 0. The monoisotopic (exact) mass is 329 g/mol. The van der Waals surface area contributed by atoms with Crippen LogP contribution in [0.1, 0.15) is 28.8 Å². The van der Waals surface area contributed by atoms with Gasteiger partial charge < -0.3 is 0 Å². The largest absolute Gasteiger partial charge is 0.296 e. The maximum Gasteiger partial charge on any atom is 0.275 e. The highest BCUT2D eigenvalue weighted by atomic mass is 32.2. The summed E-state index contributed by atoms with van der Waals surface area (Å²) in [6, 6.07) is 1.65. The number of anilines is 1. The number of sulfonamides is 1. The Morgan fingerprint density at radius 1 is 1.48 bits per heavy atom. The molecule has 0 unspecified atom stereocenters. The Kier molecular flexibility index (Phi) is 4.12. The minimum absolute atomic E-state index is 0.0574. The zero-order chi connectivity index (χ0) is 15.8. The first kappa shape index (κ1) is 15.6. The number of thiazole rings is 1. The van der Waals surface area contributed by atoms with Gasteiger partial charge in [0.05, 0.1) is 11.4 Å². The van der Waals surface area contributed by atoms with E-state index >= 15 is 0 Å². The van der Waals surface area contributed by atoms with Crippen molar-refractivity contribution in [2.45, 2.75) is 31.5 Å². The summed E-state index contributed by atoms with van der Waals surface area (Å²) in [5.41, 5.74) is 1.38. The molecule has 0 aliphatic rings. The molecule has 0 fully saturated rings. The van der Waals surface area contributed by atoms with E-state index in [9.17, 15) is 13.2 Å². The number of aromatic nitrogens is 3. The third-order valence-corrected chi connectivity index (χ3v) is 5.29. The van der Waals surface area contributed by atoms with Crippen molar-refractivity contribution < 1.29 is 13.2 Å².